The molecule has 0 fully saturated rings. The summed E-state index contributed by atoms with van der Waals surface area (Å²) in [6.07, 6.45) is 17.5. The minimum atomic E-state index is 1.13. The SMILES string of the molecule is C1=CNC=CC(C2=CCCc3c2ccc2c3CCc3ccccc3-2)=C1. The predicted molar refractivity (Wildman–Crippen MR) is 105 cm³/mol. The molecule has 2 aromatic carbocycles. The topological polar surface area (TPSA) is 12.0 Å². The molecule has 0 bridgehead atoms. The van der Waals surface area contributed by atoms with Crippen LogP contribution in [-0.2, 0) is 19.3 Å². The Bertz CT molecular complexity index is 970. The fourth-order valence-electron chi connectivity index (χ4n) is 4.41. The Morgan fingerprint density at radius 2 is 1.64 bits per heavy atom. The Morgan fingerprint density at radius 3 is 2.64 bits per heavy atom. The Labute approximate surface area is 149 Å². The number of rotatable bonds is 1. The molecule has 1 aliphatic heterocycles. The van der Waals surface area contributed by atoms with Crippen molar-refractivity contribution in [1.29, 1.82) is 0 Å². The lowest BCUT2D eigenvalue weighted by Crippen LogP contribution is -2.11. The molecule has 0 atom stereocenters. The third-order valence-electron chi connectivity index (χ3n) is 5.55. The lowest BCUT2D eigenvalue weighted by Gasteiger charge is -2.27. The van der Waals surface area contributed by atoms with Crippen LogP contribution in [0.1, 0.15) is 28.7 Å². The van der Waals surface area contributed by atoms with E-state index in [1.807, 2.05) is 12.4 Å². The van der Waals surface area contributed by atoms with Crippen molar-refractivity contribution in [3.05, 3.63) is 101 Å². The van der Waals surface area contributed by atoms with Gasteiger partial charge in [-0.2, -0.15) is 0 Å². The predicted octanol–water partition coefficient (Wildman–Crippen LogP) is 5.34. The monoisotopic (exact) mass is 323 g/mol. The van der Waals surface area contributed by atoms with Crippen molar-refractivity contribution in [3.8, 4) is 11.1 Å². The Morgan fingerprint density at radius 1 is 0.760 bits per heavy atom. The molecule has 0 saturated heterocycles. The molecule has 0 aromatic heterocycles. The van der Waals surface area contributed by atoms with Crippen LogP contribution < -0.4 is 5.32 Å². The van der Waals surface area contributed by atoms with Gasteiger partial charge in [0.15, 0.2) is 0 Å². The summed E-state index contributed by atoms with van der Waals surface area (Å²) in [4.78, 5) is 0. The van der Waals surface area contributed by atoms with Gasteiger partial charge in [-0.3, -0.25) is 0 Å². The average molecular weight is 323 g/mol. The Kier molecular flexibility index (Phi) is 3.45. The second-order valence-corrected chi connectivity index (χ2v) is 6.91. The van der Waals surface area contributed by atoms with Crippen LogP contribution in [-0.4, -0.2) is 0 Å². The van der Waals surface area contributed by atoms with Gasteiger partial charge in [0.2, 0.25) is 0 Å². The van der Waals surface area contributed by atoms with Crippen LogP contribution in [0.5, 0.6) is 0 Å². The van der Waals surface area contributed by atoms with Crippen molar-refractivity contribution in [3.63, 3.8) is 0 Å². The average Bonchev–Trinajstić information content (AvgIpc) is 2.96. The van der Waals surface area contributed by atoms with Gasteiger partial charge >= 0.3 is 0 Å². The van der Waals surface area contributed by atoms with Crippen LogP contribution in [0, 0.1) is 0 Å². The summed E-state index contributed by atoms with van der Waals surface area (Å²) < 4.78 is 0. The maximum absolute atomic E-state index is 3.16. The molecule has 2 aliphatic carbocycles. The van der Waals surface area contributed by atoms with Gasteiger partial charge in [0.05, 0.1) is 0 Å². The molecular formula is C24H21N. The Balaban J connectivity index is 1.66. The van der Waals surface area contributed by atoms with Crippen LogP contribution in [0.4, 0.5) is 0 Å². The van der Waals surface area contributed by atoms with Gasteiger partial charge in [-0.15, -0.1) is 0 Å². The first-order chi connectivity index (χ1) is 12.4. The summed E-state index contributed by atoms with van der Waals surface area (Å²) in [5.41, 5.74) is 11.6. The third kappa shape index (κ3) is 2.39. The summed E-state index contributed by atoms with van der Waals surface area (Å²) in [5.74, 6) is 0. The molecule has 0 radical (unpaired) electrons. The van der Waals surface area contributed by atoms with Crippen molar-refractivity contribution < 1.29 is 0 Å². The molecule has 0 unspecified atom stereocenters. The number of nitrogens with one attached hydrogen (secondary N) is 1. The Hall–Kier alpha value is -2.80. The number of aryl methyl sites for hydroxylation is 1. The van der Waals surface area contributed by atoms with Crippen molar-refractivity contribution in [2.75, 3.05) is 0 Å². The van der Waals surface area contributed by atoms with Gasteiger partial charge in [0.1, 0.15) is 0 Å². The number of benzene rings is 2. The van der Waals surface area contributed by atoms with E-state index in [9.17, 15) is 0 Å². The molecule has 1 N–H and O–H groups in total. The summed E-state index contributed by atoms with van der Waals surface area (Å²) in [5, 5.41) is 3.16. The van der Waals surface area contributed by atoms with Crippen LogP contribution >= 0.6 is 0 Å². The zero-order valence-electron chi connectivity index (χ0n) is 14.3. The van der Waals surface area contributed by atoms with Crippen molar-refractivity contribution in [2.24, 2.45) is 0 Å². The van der Waals surface area contributed by atoms with Crippen molar-refractivity contribution in [2.45, 2.75) is 25.7 Å². The largest absolute Gasteiger partial charge is 0.368 e. The van der Waals surface area contributed by atoms with E-state index in [4.69, 9.17) is 0 Å². The maximum Gasteiger partial charge on any atom is 0.00106 e. The fourth-order valence-corrected chi connectivity index (χ4v) is 4.41. The van der Waals surface area contributed by atoms with Gasteiger partial charge in [0.25, 0.3) is 0 Å². The second-order valence-electron chi connectivity index (χ2n) is 6.91. The highest BCUT2D eigenvalue weighted by Crippen LogP contribution is 2.41. The van der Waals surface area contributed by atoms with E-state index in [0.717, 1.165) is 19.3 Å². The van der Waals surface area contributed by atoms with Crippen LogP contribution in [0.25, 0.3) is 16.7 Å². The molecule has 5 rings (SSSR count). The molecule has 2 aromatic rings. The van der Waals surface area contributed by atoms with E-state index in [-0.39, 0.29) is 0 Å². The highest BCUT2D eigenvalue weighted by atomic mass is 14.8. The van der Waals surface area contributed by atoms with Crippen LogP contribution in [0.2, 0.25) is 0 Å². The first kappa shape index (κ1) is 14.5. The minimum Gasteiger partial charge on any atom is -0.368 e. The summed E-state index contributed by atoms with van der Waals surface area (Å²) >= 11 is 0. The van der Waals surface area contributed by atoms with E-state index < -0.39 is 0 Å². The zero-order valence-corrected chi connectivity index (χ0v) is 14.3. The third-order valence-corrected chi connectivity index (χ3v) is 5.55. The summed E-state index contributed by atoms with van der Waals surface area (Å²) in [6.45, 7) is 0. The molecule has 25 heavy (non-hydrogen) atoms. The molecule has 0 saturated carbocycles. The van der Waals surface area contributed by atoms with Crippen LogP contribution in [0.3, 0.4) is 0 Å². The first-order valence-electron chi connectivity index (χ1n) is 9.15. The van der Waals surface area contributed by atoms with Crippen molar-refractivity contribution in [1.82, 2.24) is 5.32 Å². The van der Waals surface area contributed by atoms with Gasteiger partial charge < -0.3 is 5.32 Å². The number of fused-ring (bicyclic) bond motifs is 5. The van der Waals surface area contributed by atoms with E-state index in [2.05, 4.69) is 66.0 Å². The lowest BCUT2D eigenvalue weighted by atomic mass is 9.77. The van der Waals surface area contributed by atoms with E-state index in [0.29, 0.717) is 0 Å². The molecular weight excluding hydrogens is 302 g/mol. The molecule has 1 nitrogen and oxygen atoms in total. The van der Waals surface area contributed by atoms with E-state index >= 15 is 0 Å². The van der Waals surface area contributed by atoms with E-state index in [1.54, 1.807) is 11.1 Å². The summed E-state index contributed by atoms with van der Waals surface area (Å²) in [6, 6.07) is 13.6. The molecule has 1 heteroatoms. The molecule has 0 amide bonds. The molecule has 3 aliphatic rings. The van der Waals surface area contributed by atoms with Gasteiger partial charge in [-0.1, -0.05) is 48.6 Å². The number of hydrogen-bond donors (Lipinski definition) is 1. The lowest BCUT2D eigenvalue weighted by molar-refractivity contribution is 0.884. The molecule has 122 valence electrons. The van der Waals surface area contributed by atoms with Gasteiger partial charge in [-0.25, -0.2) is 0 Å². The minimum absolute atomic E-state index is 1.13. The van der Waals surface area contributed by atoms with Gasteiger partial charge in [-0.05, 0) is 82.4 Å². The second kappa shape index (κ2) is 5.93. The van der Waals surface area contributed by atoms with Crippen LogP contribution in [0.15, 0.2) is 78.7 Å². The quantitative estimate of drug-likeness (QED) is 0.747. The molecule has 0 spiro atoms. The molecule has 1 heterocycles. The fraction of sp³-hybridized carbons (Fsp3) is 0.167. The standard InChI is InChI=1S/C24H21N/c1-2-7-19-17(5-1)10-11-24-21-9-3-8-20(22(21)12-13-23(19)24)18-6-4-15-25-16-14-18/h1-2,4-8,12-16,25H,3,9-11H2. The highest BCUT2D eigenvalue weighted by molar-refractivity contribution is 5.88. The highest BCUT2D eigenvalue weighted by Gasteiger charge is 2.23. The summed E-state index contributed by atoms with van der Waals surface area (Å²) in [7, 11) is 0. The normalized spacial score (nSPS) is 17.4. The smallest absolute Gasteiger partial charge is 0.00106 e. The van der Waals surface area contributed by atoms with E-state index in [1.165, 1.54) is 39.8 Å². The number of hydrogen-bond acceptors (Lipinski definition) is 1. The zero-order chi connectivity index (χ0) is 16.6. The van der Waals surface area contributed by atoms with Gasteiger partial charge in [0, 0.05) is 12.4 Å². The first-order valence-corrected chi connectivity index (χ1v) is 9.15. The number of allylic oxidation sites excluding steroid dienone is 6. The maximum atomic E-state index is 3.16. The van der Waals surface area contributed by atoms with Crippen molar-refractivity contribution >= 4 is 5.57 Å².